The maximum atomic E-state index is 12.4. The lowest BCUT2D eigenvalue weighted by molar-refractivity contribution is -0.131. The first-order chi connectivity index (χ1) is 10.7. The van der Waals surface area contributed by atoms with Crippen LogP contribution in [0.1, 0.15) is 36.8 Å². The zero-order valence-electron chi connectivity index (χ0n) is 14.3. The summed E-state index contributed by atoms with van der Waals surface area (Å²) in [7, 11) is -0.342. The lowest BCUT2D eigenvalue weighted by Crippen LogP contribution is -2.36. The number of likely N-dealkylation sites (tertiary alicyclic amines) is 1. The number of benzene rings is 1. The number of hydrogen-bond donors (Lipinski definition) is 0. The van der Waals surface area contributed by atoms with Gasteiger partial charge in [-0.2, -0.15) is 0 Å². The molecular formula is C17H26N2O3S. The van der Waals surface area contributed by atoms with Crippen LogP contribution in [0.5, 0.6) is 0 Å². The molecular weight excluding hydrogens is 312 g/mol. The SMILES string of the molecule is Cc1ccccc1C1CC(C)N(C(=O)CCS(=O)(=O)N(C)C)C1. The molecule has 2 rings (SSSR count). The number of carbonyl (C=O) groups is 1. The van der Waals surface area contributed by atoms with Gasteiger partial charge in [-0.1, -0.05) is 24.3 Å². The molecule has 0 spiro atoms. The van der Waals surface area contributed by atoms with Gasteiger partial charge in [-0.3, -0.25) is 4.79 Å². The van der Waals surface area contributed by atoms with E-state index in [1.54, 1.807) is 0 Å². The standard InChI is InChI=1S/C17H26N2O3S/c1-13-7-5-6-8-16(13)15-11-14(2)19(12-15)17(20)9-10-23(21,22)18(3)4/h5-8,14-15H,9-12H2,1-4H3. The average Bonchev–Trinajstić information content (AvgIpc) is 2.87. The number of carbonyl (C=O) groups excluding carboxylic acids is 1. The molecule has 0 saturated carbocycles. The minimum atomic E-state index is -3.33. The minimum Gasteiger partial charge on any atom is -0.339 e. The number of hydrogen-bond acceptors (Lipinski definition) is 3. The van der Waals surface area contributed by atoms with Crippen LogP contribution in [0.2, 0.25) is 0 Å². The molecule has 0 bridgehead atoms. The zero-order valence-corrected chi connectivity index (χ0v) is 15.1. The Bertz CT molecular complexity index is 670. The first kappa shape index (κ1) is 17.9. The topological polar surface area (TPSA) is 57.7 Å². The summed E-state index contributed by atoms with van der Waals surface area (Å²) in [6.45, 7) is 4.80. The molecule has 1 aromatic carbocycles. The van der Waals surface area contributed by atoms with Crippen molar-refractivity contribution in [2.45, 2.75) is 38.6 Å². The van der Waals surface area contributed by atoms with Crippen LogP contribution in [0.25, 0.3) is 0 Å². The summed E-state index contributed by atoms with van der Waals surface area (Å²) >= 11 is 0. The van der Waals surface area contributed by atoms with Crippen molar-refractivity contribution < 1.29 is 13.2 Å². The first-order valence-corrected chi connectivity index (χ1v) is 9.58. The molecule has 0 aliphatic carbocycles. The van der Waals surface area contributed by atoms with E-state index in [0.29, 0.717) is 12.5 Å². The summed E-state index contributed by atoms with van der Waals surface area (Å²) in [6, 6.07) is 8.41. The maximum Gasteiger partial charge on any atom is 0.223 e. The molecule has 1 heterocycles. The van der Waals surface area contributed by atoms with Gasteiger partial charge in [-0.15, -0.1) is 0 Å². The van der Waals surface area contributed by atoms with Crippen LogP contribution in [-0.2, 0) is 14.8 Å². The molecule has 2 atom stereocenters. The van der Waals surface area contributed by atoms with E-state index in [1.165, 1.54) is 29.5 Å². The highest BCUT2D eigenvalue weighted by atomic mass is 32.2. The molecule has 5 nitrogen and oxygen atoms in total. The van der Waals surface area contributed by atoms with Gasteiger partial charge in [-0.25, -0.2) is 12.7 Å². The summed E-state index contributed by atoms with van der Waals surface area (Å²) in [5.41, 5.74) is 2.53. The lowest BCUT2D eigenvalue weighted by atomic mass is 9.93. The van der Waals surface area contributed by atoms with Crippen LogP contribution >= 0.6 is 0 Å². The Balaban J connectivity index is 2.02. The van der Waals surface area contributed by atoms with Gasteiger partial charge in [0.25, 0.3) is 0 Å². The second-order valence-electron chi connectivity index (χ2n) is 6.53. The molecule has 1 fully saturated rings. The van der Waals surface area contributed by atoms with Gasteiger partial charge >= 0.3 is 0 Å². The van der Waals surface area contributed by atoms with E-state index in [0.717, 1.165) is 6.42 Å². The molecule has 1 aliphatic heterocycles. The van der Waals surface area contributed by atoms with E-state index in [-0.39, 0.29) is 24.1 Å². The minimum absolute atomic E-state index is 0.0470. The van der Waals surface area contributed by atoms with Crippen molar-refractivity contribution in [1.82, 2.24) is 9.21 Å². The monoisotopic (exact) mass is 338 g/mol. The summed E-state index contributed by atoms with van der Waals surface area (Å²) < 4.78 is 24.8. The van der Waals surface area contributed by atoms with Crippen molar-refractivity contribution in [2.75, 3.05) is 26.4 Å². The van der Waals surface area contributed by atoms with Crippen LogP contribution < -0.4 is 0 Å². The molecule has 6 heteroatoms. The van der Waals surface area contributed by atoms with Crippen LogP contribution in [0.15, 0.2) is 24.3 Å². The number of sulfonamides is 1. The number of rotatable bonds is 5. The second kappa shape index (κ2) is 7.01. The molecule has 2 unspecified atom stereocenters. The Kier molecular flexibility index (Phi) is 5.47. The molecule has 1 aromatic rings. The summed E-state index contributed by atoms with van der Waals surface area (Å²) in [5.74, 6) is 0.136. The highest BCUT2D eigenvalue weighted by Gasteiger charge is 2.34. The van der Waals surface area contributed by atoms with Crippen LogP contribution in [0.4, 0.5) is 0 Å². The van der Waals surface area contributed by atoms with E-state index in [9.17, 15) is 13.2 Å². The highest BCUT2D eigenvalue weighted by Crippen LogP contribution is 2.33. The average molecular weight is 338 g/mol. The molecule has 23 heavy (non-hydrogen) atoms. The van der Waals surface area contributed by atoms with E-state index in [2.05, 4.69) is 19.1 Å². The van der Waals surface area contributed by atoms with E-state index < -0.39 is 10.0 Å². The Morgan fingerprint density at radius 2 is 1.96 bits per heavy atom. The third-order valence-electron chi connectivity index (χ3n) is 4.65. The van der Waals surface area contributed by atoms with Crippen molar-refractivity contribution in [3.8, 4) is 0 Å². The Labute approximate surface area is 139 Å². The van der Waals surface area contributed by atoms with Crippen LogP contribution in [-0.4, -0.2) is 56.0 Å². The Morgan fingerprint density at radius 1 is 1.30 bits per heavy atom. The smallest absolute Gasteiger partial charge is 0.223 e. The van der Waals surface area contributed by atoms with Crippen molar-refractivity contribution in [3.05, 3.63) is 35.4 Å². The third kappa shape index (κ3) is 4.12. The van der Waals surface area contributed by atoms with Gasteiger partial charge in [0.1, 0.15) is 0 Å². The summed E-state index contributed by atoms with van der Waals surface area (Å²) in [5, 5.41) is 0. The van der Waals surface area contributed by atoms with Crippen molar-refractivity contribution in [3.63, 3.8) is 0 Å². The zero-order chi connectivity index (χ0) is 17.2. The van der Waals surface area contributed by atoms with Gasteiger partial charge in [0, 0.05) is 39.0 Å². The first-order valence-electron chi connectivity index (χ1n) is 7.97. The predicted octanol–water partition coefficient (Wildman–Crippen LogP) is 1.98. The highest BCUT2D eigenvalue weighted by molar-refractivity contribution is 7.89. The van der Waals surface area contributed by atoms with Gasteiger partial charge in [0.15, 0.2) is 0 Å². The fourth-order valence-electron chi connectivity index (χ4n) is 3.19. The Morgan fingerprint density at radius 3 is 2.57 bits per heavy atom. The quantitative estimate of drug-likeness (QED) is 0.825. The summed E-state index contributed by atoms with van der Waals surface area (Å²) in [4.78, 5) is 14.3. The molecule has 0 N–H and O–H groups in total. The fourth-order valence-corrected chi connectivity index (χ4v) is 3.99. The van der Waals surface area contributed by atoms with Gasteiger partial charge in [0.2, 0.25) is 15.9 Å². The number of nitrogens with zero attached hydrogens (tertiary/aromatic N) is 2. The van der Waals surface area contributed by atoms with Crippen molar-refractivity contribution in [1.29, 1.82) is 0 Å². The van der Waals surface area contributed by atoms with Gasteiger partial charge < -0.3 is 4.90 Å². The van der Waals surface area contributed by atoms with Crippen LogP contribution in [0, 0.1) is 6.92 Å². The fraction of sp³-hybridized carbons (Fsp3) is 0.588. The number of aryl methyl sites for hydroxylation is 1. The maximum absolute atomic E-state index is 12.4. The largest absolute Gasteiger partial charge is 0.339 e. The molecule has 0 aromatic heterocycles. The molecule has 1 saturated heterocycles. The third-order valence-corrected chi connectivity index (χ3v) is 6.49. The molecule has 1 amide bonds. The van der Waals surface area contributed by atoms with Crippen LogP contribution in [0.3, 0.4) is 0 Å². The normalized spacial score (nSPS) is 21.9. The summed E-state index contributed by atoms with van der Waals surface area (Å²) in [6.07, 6.45) is 0.975. The van der Waals surface area contributed by atoms with Gasteiger partial charge in [0.05, 0.1) is 5.75 Å². The molecule has 128 valence electrons. The van der Waals surface area contributed by atoms with Crippen molar-refractivity contribution in [2.24, 2.45) is 0 Å². The second-order valence-corrected chi connectivity index (χ2v) is 8.84. The van der Waals surface area contributed by atoms with E-state index in [4.69, 9.17) is 0 Å². The number of amides is 1. The Hall–Kier alpha value is -1.40. The predicted molar refractivity (Wildman–Crippen MR) is 91.8 cm³/mol. The van der Waals surface area contributed by atoms with Gasteiger partial charge in [-0.05, 0) is 31.4 Å². The van der Waals surface area contributed by atoms with Crippen molar-refractivity contribution >= 4 is 15.9 Å². The van der Waals surface area contributed by atoms with E-state index >= 15 is 0 Å². The van der Waals surface area contributed by atoms with E-state index in [1.807, 2.05) is 24.0 Å². The molecule has 0 radical (unpaired) electrons. The molecule has 1 aliphatic rings. The lowest BCUT2D eigenvalue weighted by Gasteiger charge is -2.22.